The highest BCUT2D eigenvalue weighted by atomic mass is 16.4. The molecule has 86 heavy (non-hydrogen) atoms. The van der Waals surface area contributed by atoms with Crippen LogP contribution in [0.4, 0.5) is 0 Å². The van der Waals surface area contributed by atoms with Gasteiger partial charge in [0.1, 0.15) is 48.3 Å². The fourth-order valence-electron chi connectivity index (χ4n) is 8.86. The first-order valence-electron chi connectivity index (χ1n) is 26.8. The SMILES string of the molecule is NC(N)=NCCC[C@H](NC(=O)[C@H](CCC(=O)O)NC(=O)[C@H](CC(=O)O)NC(=O)[C@H](CCC(=O)O)NC(=O)[C@@H]1CCCN1C(=O)[C@H](CCC(=O)O)NC(=O)[C@H](CCC(=O)O)NC(=O)[C@H](CCC(=O)O)NC(=O)[C@@H](N)Cc1c[nH]c2ccccc12)C(=O)O. The second kappa shape index (κ2) is 34.6. The minimum atomic E-state index is -2.15. The quantitative estimate of drug-likeness (QED) is 0.0170. The van der Waals surface area contributed by atoms with Gasteiger partial charge in [-0.2, -0.15) is 0 Å². The lowest BCUT2D eigenvalue weighted by molar-refractivity contribution is -0.144. The second-order valence-corrected chi connectivity index (χ2v) is 19.8. The number of aromatic nitrogens is 1. The van der Waals surface area contributed by atoms with Crippen LogP contribution >= 0.6 is 0 Å². The number of benzene rings is 1. The van der Waals surface area contributed by atoms with Crippen LogP contribution in [0.25, 0.3) is 10.9 Å². The number of hydrogen-bond donors (Lipinski definition) is 18. The van der Waals surface area contributed by atoms with Crippen molar-refractivity contribution in [2.75, 3.05) is 13.1 Å². The predicted molar refractivity (Wildman–Crippen MR) is 292 cm³/mol. The van der Waals surface area contributed by atoms with Crippen molar-refractivity contribution in [3.63, 3.8) is 0 Å². The maximum atomic E-state index is 14.4. The molecule has 1 aromatic heterocycles. The van der Waals surface area contributed by atoms with Gasteiger partial charge in [-0.05, 0) is 75.8 Å². The number of para-hydroxylation sites is 1. The number of carbonyl (C=O) groups is 15. The Labute approximate surface area is 488 Å². The Balaban J connectivity index is 1.87. The number of hydrogen-bond acceptors (Lipinski definition) is 17. The van der Waals surface area contributed by atoms with E-state index in [4.69, 9.17) is 17.2 Å². The van der Waals surface area contributed by atoms with Gasteiger partial charge in [-0.1, -0.05) is 18.2 Å². The molecule has 1 fully saturated rings. The Hall–Kier alpha value is -9.96. The zero-order valence-corrected chi connectivity index (χ0v) is 46.2. The number of carboxylic acids is 7. The Morgan fingerprint density at radius 3 is 1.42 bits per heavy atom. The standard InChI is InChI=1S/C51H71N13O22/c52-26(21-24-23-56-27-6-2-1-5-25(24)27)42(77)57-28(9-14-36(65)66)43(78)58-29(10-15-37(67)68)44(79)61-32(13-18-40(73)74)49(84)64-20-4-8-35(64)48(83)60-31(12-17-39(71)72)46(81)63-34(22-41(75)76)47(82)59-30(11-16-38(69)70)45(80)62-33(50(85)86)7-3-19-55-51(53)54/h1-2,5-6,23,26,28-35,56H,3-4,7-22,52H2,(H,57,77)(H,58,78)(H,59,82)(H,60,83)(H,61,79)(H,62,80)(H,63,81)(H,65,66)(H,67,68)(H,69,70)(H,71,72)(H,73,74)(H,75,76)(H,85,86)(H4,53,54,55)/t26-,28-,29-,30-,31-,32-,33-,34-,35-/m0/s1. The maximum absolute atomic E-state index is 14.4. The van der Waals surface area contributed by atoms with Crippen LogP contribution in [-0.4, -0.2) is 208 Å². The van der Waals surface area contributed by atoms with Gasteiger partial charge in [0.25, 0.3) is 0 Å². The molecule has 0 saturated carbocycles. The van der Waals surface area contributed by atoms with E-state index < -0.39 is 214 Å². The summed E-state index contributed by atoms with van der Waals surface area (Å²) in [6, 6.07) is -8.79. The molecule has 0 spiro atoms. The minimum absolute atomic E-state index is 0.0206. The number of aliphatic imine (C=N–C) groups is 1. The van der Waals surface area contributed by atoms with Crippen LogP contribution in [0, 0.1) is 0 Å². The van der Waals surface area contributed by atoms with Crippen LogP contribution in [0.2, 0.25) is 0 Å². The van der Waals surface area contributed by atoms with Crippen molar-refractivity contribution in [2.45, 2.75) is 157 Å². The number of nitrogens with zero attached hydrogens (tertiary/aromatic N) is 2. The highest BCUT2D eigenvalue weighted by Crippen LogP contribution is 2.22. The molecule has 0 bridgehead atoms. The summed E-state index contributed by atoms with van der Waals surface area (Å²) in [5, 5.41) is 83.1. The molecule has 2 heterocycles. The Morgan fingerprint density at radius 2 is 0.953 bits per heavy atom. The third kappa shape index (κ3) is 24.1. The largest absolute Gasteiger partial charge is 0.481 e. The molecule has 1 saturated heterocycles. The lowest BCUT2D eigenvalue weighted by Gasteiger charge is -2.31. The molecule has 472 valence electrons. The van der Waals surface area contributed by atoms with Gasteiger partial charge in [0.2, 0.25) is 47.3 Å². The monoisotopic (exact) mass is 1220 g/mol. The van der Waals surface area contributed by atoms with Crippen molar-refractivity contribution in [1.82, 2.24) is 47.1 Å². The predicted octanol–water partition coefficient (Wildman–Crippen LogP) is -4.64. The number of nitrogens with one attached hydrogen (secondary N) is 8. The number of amides is 8. The molecule has 1 aromatic carbocycles. The van der Waals surface area contributed by atoms with E-state index >= 15 is 0 Å². The zero-order chi connectivity index (χ0) is 64.4. The minimum Gasteiger partial charge on any atom is -0.481 e. The van der Waals surface area contributed by atoms with Gasteiger partial charge < -0.3 is 100 Å². The van der Waals surface area contributed by atoms with Crippen molar-refractivity contribution < 1.29 is 108 Å². The third-order valence-corrected chi connectivity index (χ3v) is 13.2. The molecule has 0 aliphatic carbocycles. The van der Waals surface area contributed by atoms with E-state index in [-0.39, 0.29) is 51.2 Å². The first-order valence-corrected chi connectivity index (χ1v) is 26.8. The summed E-state index contributed by atoms with van der Waals surface area (Å²) in [7, 11) is 0. The number of carboxylic acid groups (broad SMARTS) is 7. The molecule has 0 radical (unpaired) electrons. The number of nitrogens with two attached hydrogens (primary N) is 3. The van der Waals surface area contributed by atoms with Gasteiger partial charge in [-0.3, -0.25) is 72.1 Å². The molecule has 21 N–H and O–H groups in total. The highest BCUT2D eigenvalue weighted by molar-refractivity contribution is 5.99. The molecule has 9 atom stereocenters. The van der Waals surface area contributed by atoms with Gasteiger partial charge in [0.05, 0.1) is 12.5 Å². The lowest BCUT2D eigenvalue weighted by Crippen LogP contribution is -2.60. The van der Waals surface area contributed by atoms with E-state index in [2.05, 4.69) is 41.9 Å². The van der Waals surface area contributed by atoms with Gasteiger partial charge in [-0.25, -0.2) is 4.79 Å². The number of H-pyrrole nitrogens is 1. The van der Waals surface area contributed by atoms with Crippen molar-refractivity contribution >= 4 is 106 Å². The Bertz CT molecular complexity index is 2880. The summed E-state index contributed by atoms with van der Waals surface area (Å²) in [5.74, 6) is -20.7. The van der Waals surface area contributed by atoms with Crippen LogP contribution in [0.5, 0.6) is 0 Å². The second-order valence-electron chi connectivity index (χ2n) is 19.8. The Kier molecular flexibility index (Phi) is 28.3. The summed E-state index contributed by atoms with van der Waals surface area (Å²) in [6.07, 6.45) is -7.40. The maximum Gasteiger partial charge on any atom is 0.326 e. The summed E-state index contributed by atoms with van der Waals surface area (Å²) in [5.41, 5.74) is 18.1. The van der Waals surface area contributed by atoms with Crippen LogP contribution < -0.4 is 54.4 Å². The van der Waals surface area contributed by atoms with Gasteiger partial charge in [-0.15, -0.1) is 0 Å². The average molecular weight is 1220 g/mol. The number of likely N-dealkylation sites (tertiary alicyclic amines) is 1. The zero-order valence-electron chi connectivity index (χ0n) is 46.2. The van der Waals surface area contributed by atoms with Crippen molar-refractivity contribution in [3.05, 3.63) is 36.0 Å². The van der Waals surface area contributed by atoms with Gasteiger partial charge >= 0.3 is 41.8 Å². The number of rotatable bonds is 39. The number of aromatic amines is 1. The number of aliphatic carboxylic acids is 7. The summed E-state index contributed by atoms with van der Waals surface area (Å²) in [6.45, 7) is -0.322. The van der Waals surface area contributed by atoms with Gasteiger partial charge in [0, 0.05) is 62.3 Å². The van der Waals surface area contributed by atoms with Crippen LogP contribution in [0.15, 0.2) is 35.5 Å². The van der Waals surface area contributed by atoms with Crippen LogP contribution in [-0.2, 0) is 78.3 Å². The van der Waals surface area contributed by atoms with E-state index in [0.717, 1.165) is 15.8 Å². The van der Waals surface area contributed by atoms with E-state index in [1.807, 2.05) is 5.32 Å². The lowest BCUT2D eigenvalue weighted by atomic mass is 10.0. The molecule has 1 aliphatic rings. The van der Waals surface area contributed by atoms with E-state index in [0.29, 0.717) is 5.56 Å². The molecule has 3 rings (SSSR count). The number of carbonyl (C=O) groups excluding carboxylic acids is 8. The normalized spacial score (nSPS) is 15.5. The van der Waals surface area contributed by atoms with Gasteiger partial charge in [0.15, 0.2) is 5.96 Å². The van der Waals surface area contributed by atoms with E-state index in [1.165, 1.54) is 0 Å². The first-order chi connectivity index (χ1) is 40.5. The fourth-order valence-corrected chi connectivity index (χ4v) is 8.86. The van der Waals surface area contributed by atoms with E-state index in [9.17, 15) is 108 Å². The summed E-state index contributed by atoms with van der Waals surface area (Å²) in [4.78, 5) is 201. The van der Waals surface area contributed by atoms with Crippen molar-refractivity contribution in [1.29, 1.82) is 0 Å². The molecular formula is C51H71N13O22. The van der Waals surface area contributed by atoms with Crippen molar-refractivity contribution in [3.8, 4) is 0 Å². The van der Waals surface area contributed by atoms with Crippen LogP contribution in [0.1, 0.15) is 102 Å². The molecular weight excluding hydrogens is 1150 g/mol. The Morgan fingerprint density at radius 1 is 0.535 bits per heavy atom. The highest BCUT2D eigenvalue weighted by Gasteiger charge is 2.41. The smallest absolute Gasteiger partial charge is 0.326 e. The third-order valence-electron chi connectivity index (χ3n) is 13.2. The molecule has 0 unspecified atom stereocenters. The first kappa shape index (κ1) is 70.3. The number of fused-ring (bicyclic) bond motifs is 1. The molecule has 35 nitrogen and oxygen atoms in total. The fraction of sp³-hybridized carbons (Fsp3) is 0.529. The molecule has 2 aromatic rings. The average Bonchev–Trinajstić information content (AvgIpc) is 4.22. The topological polar surface area (TPSA) is 591 Å². The summed E-state index contributed by atoms with van der Waals surface area (Å²) >= 11 is 0. The van der Waals surface area contributed by atoms with Crippen molar-refractivity contribution in [2.24, 2.45) is 22.2 Å². The summed E-state index contributed by atoms with van der Waals surface area (Å²) < 4.78 is 0. The van der Waals surface area contributed by atoms with Crippen LogP contribution in [0.3, 0.4) is 0 Å². The molecule has 35 heteroatoms. The molecule has 1 aliphatic heterocycles. The van der Waals surface area contributed by atoms with E-state index in [1.54, 1.807) is 30.5 Å². The molecule has 8 amide bonds. The number of guanidine groups is 1.